The number of carbonyl (C=O) groups excluding carboxylic acids is 1. The molecule has 0 N–H and O–H groups in total. The molecule has 0 saturated carbocycles. The minimum atomic E-state index is -4.54. The van der Waals surface area contributed by atoms with Crippen LogP contribution in [0.4, 0.5) is 0 Å². The molecule has 0 bridgehead atoms. The van der Waals surface area contributed by atoms with Crippen LogP contribution in [0.2, 0.25) is 0 Å². The van der Waals surface area contributed by atoms with E-state index < -0.39 is 13.9 Å². The Bertz CT molecular complexity index is 1090. The van der Waals surface area contributed by atoms with Crippen molar-refractivity contribution in [2.75, 3.05) is 54.1 Å². The van der Waals surface area contributed by atoms with E-state index in [2.05, 4.69) is 86.8 Å². The first kappa shape index (κ1) is 51.9. The maximum atomic E-state index is 12.6. The molecule has 312 valence electrons. The number of hydrogen-bond donors (Lipinski definition) is 0. The minimum absolute atomic E-state index is 0.0127. The minimum Gasteiger partial charge on any atom is -0.756 e. The van der Waals surface area contributed by atoms with Crippen LogP contribution in [0.1, 0.15) is 149 Å². The average molecular weight is 778 g/mol. The molecule has 2 atom stereocenters. The molecule has 0 saturated heterocycles. The largest absolute Gasteiger partial charge is 0.756 e. The monoisotopic (exact) mass is 778 g/mol. The number of carbonyl (C=O) groups is 1. The Labute approximate surface area is 332 Å². The molecule has 0 aromatic heterocycles. The Morgan fingerprint density at radius 2 is 1.06 bits per heavy atom. The van der Waals surface area contributed by atoms with Gasteiger partial charge in [-0.3, -0.25) is 9.36 Å². The van der Waals surface area contributed by atoms with Crippen molar-refractivity contribution in [3.63, 3.8) is 0 Å². The van der Waals surface area contributed by atoms with Crippen molar-refractivity contribution in [2.24, 2.45) is 0 Å². The molecule has 0 aliphatic rings. The van der Waals surface area contributed by atoms with Gasteiger partial charge in [0.2, 0.25) is 0 Å². The number of hydrogen-bond acceptors (Lipinski definition) is 7. The van der Waals surface area contributed by atoms with Gasteiger partial charge in [0, 0.05) is 13.0 Å². The number of quaternary nitrogens is 1. The van der Waals surface area contributed by atoms with E-state index in [9.17, 15) is 14.3 Å². The molecule has 0 heterocycles. The second kappa shape index (κ2) is 37.8. The van der Waals surface area contributed by atoms with Gasteiger partial charge in [0.05, 0.1) is 34.4 Å². The smallest absolute Gasteiger partial charge is 0.306 e. The highest BCUT2D eigenvalue weighted by atomic mass is 31.2. The molecule has 0 aliphatic carbocycles. The van der Waals surface area contributed by atoms with Crippen molar-refractivity contribution in [2.45, 2.75) is 155 Å². The third kappa shape index (κ3) is 41.1. The van der Waals surface area contributed by atoms with E-state index in [1.807, 2.05) is 21.1 Å². The van der Waals surface area contributed by atoms with Crippen molar-refractivity contribution in [3.8, 4) is 0 Å². The fraction of sp³-hybridized carbons (Fsp3) is 0.711. The van der Waals surface area contributed by atoms with Gasteiger partial charge in [-0.2, -0.15) is 0 Å². The quantitative estimate of drug-likeness (QED) is 0.0202. The van der Waals surface area contributed by atoms with Crippen LogP contribution in [0.15, 0.2) is 72.9 Å². The van der Waals surface area contributed by atoms with Gasteiger partial charge < -0.3 is 27.9 Å². The van der Waals surface area contributed by atoms with Gasteiger partial charge >= 0.3 is 5.97 Å². The number of rotatable bonds is 38. The molecule has 0 radical (unpaired) electrons. The fourth-order valence-electron chi connectivity index (χ4n) is 5.27. The van der Waals surface area contributed by atoms with Crippen molar-refractivity contribution >= 4 is 13.8 Å². The molecule has 0 amide bonds. The first-order valence-corrected chi connectivity index (χ1v) is 22.6. The molecule has 0 fully saturated rings. The summed E-state index contributed by atoms with van der Waals surface area (Å²) in [5, 5.41) is 0. The number of phosphoric ester groups is 1. The Morgan fingerprint density at radius 3 is 1.54 bits per heavy atom. The predicted molar refractivity (Wildman–Crippen MR) is 226 cm³/mol. The first-order valence-electron chi connectivity index (χ1n) is 21.2. The lowest BCUT2D eigenvalue weighted by Gasteiger charge is -2.28. The molecule has 9 heteroatoms. The van der Waals surface area contributed by atoms with Crippen molar-refractivity contribution < 1.29 is 37.3 Å². The van der Waals surface area contributed by atoms with Crippen LogP contribution in [0.3, 0.4) is 0 Å². The molecule has 54 heavy (non-hydrogen) atoms. The van der Waals surface area contributed by atoms with Crippen LogP contribution in [0, 0.1) is 0 Å². The molecule has 0 aliphatic heterocycles. The van der Waals surface area contributed by atoms with Crippen LogP contribution >= 0.6 is 7.82 Å². The summed E-state index contributed by atoms with van der Waals surface area (Å²) in [5.41, 5.74) is 0. The number of allylic oxidation sites excluding steroid dienone is 12. The third-order valence-corrected chi connectivity index (χ3v) is 9.49. The van der Waals surface area contributed by atoms with E-state index in [0.29, 0.717) is 24.1 Å². The number of unbranched alkanes of at least 4 members (excludes halogenated alkanes) is 12. The lowest BCUT2D eigenvalue weighted by molar-refractivity contribution is -0.870. The summed E-state index contributed by atoms with van der Waals surface area (Å²) in [6.45, 7) is 5.11. The number of ether oxygens (including phenoxy) is 2. The van der Waals surface area contributed by atoms with Crippen LogP contribution in [0.5, 0.6) is 0 Å². The SMILES string of the molecule is CC/C=C\C/C=C\C/C=C\C/C=C\C/C=C\C/C=C\CCCOCC(COP(=O)([O-])OCC[N+](C)(C)C)OC(=O)CCCCCCCCCCCCCC. The molecular weight excluding hydrogens is 697 g/mol. The van der Waals surface area contributed by atoms with E-state index in [4.69, 9.17) is 18.5 Å². The lowest BCUT2D eigenvalue weighted by Crippen LogP contribution is -2.37. The molecule has 0 spiro atoms. The van der Waals surface area contributed by atoms with Crippen LogP contribution in [-0.2, 0) is 27.9 Å². The standard InChI is InChI=1S/C45H80NO7P/c1-6-8-10-12-14-16-18-20-21-22-23-24-25-26-27-29-31-33-35-37-40-50-42-44(43-52-54(48,49)51-41-39-46(3,4)5)53-45(47)38-36-34-32-30-28-19-17-15-13-11-9-7-2/h8,10,14,16,20-21,23-24,26-27,31,33,44H,6-7,9,11-13,15,17-19,22,25,28-30,32,34-43H2,1-5H3/b10-8-,16-14-,21-20-,24-23-,27-26-,33-31-. The van der Waals surface area contributed by atoms with Gasteiger partial charge in [0.25, 0.3) is 7.82 Å². The normalized spacial score (nSPS) is 14.6. The van der Waals surface area contributed by atoms with E-state index in [1.54, 1.807) is 0 Å². The second-order valence-corrected chi connectivity index (χ2v) is 16.4. The number of nitrogens with zero attached hydrogens (tertiary/aromatic N) is 1. The van der Waals surface area contributed by atoms with Gasteiger partial charge in [-0.1, -0.05) is 157 Å². The number of phosphoric acid groups is 1. The predicted octanol–water partition coefficient (Wildman–Crippen LogP) is 11.7. The summed E-state index contributed by atoms with van der Waals surface area (Å²) < 4.78 is 34.4. The van der Waals surface area contributed by atoms with Crippen molar-refractivity contribution in [3.05, 3.63) is 72.9 Å². The summed E-state index contributed by atoms with van der Waals surface area (Å²) in [7, 11) is 1.31. The first-order chi connectivity index (χ1) is 26.1. The third-order valence-electron chi connectivity index (χ3n) is 8.52. The van der Waals surface area contributed by atoms with E-state index in [0.717, 1.165) is 70.6 Å². The zero-order chi connectivity index (χ0) is 39.9. The average Bonchev–Trinajstić information content (AvgIpc) is 3.12. The summed E-state index contributed by atoms with van der Waals surface area (Å²) in [6.07, 6.45) is 47.8. The summed E-state index contributed by atoms with van der Waals surface area (Å²) in [6, 6.07) is 0. The molecule has 0 rings (SSSR count). The van der Waals surface area contributed by atoms with Gasteiger partial charge in [0.1, 0.15) is 19.3 Å². The molecular formula is C45H80NO7P. The maximum absolute atomic E-state index is 12.6. The Morgan fingerprint density at radius 1 is 0.593 bits per heavy atom. The highest BCUT2D eigenvalue weighted by molar-refractivity contribution is 7.45. The Balaban J connectivity index is 4.36. The van der Waals surface area contributed by atoms with Gasteiger partial charge in [-0.05, 0) is 57.8 Å². The maximum Gasteiger partial charge on any atom is 0.306 e. The number of likely N-dealkylation sites (N-methyl/N-ethyl adjacent to an activating group) is 1. The number of esters is 1. The van der Waals surface area contributed by atoms with E-state index >= 15 is 0 Å². The summed E-state index contributed by atoms with van der Waals surface area (Å²) in [4.78, 5) is 25.0. The van der Waals surface area contributed by atoms with Crippen molar-refractivity contribution in [1.82, 2.24) is 0 Å². The Hall–Kier alpha value is -2.06. The van der Waals surface area contributed by atoms with Crippen LogP contribution < -0.4 is 4.89 Å². The highest BCUT2D eigenvalue weighted by Gasteiger charge is 2.20. The Kier molecular flexibility index (Phi) is 36.4. The molecule has 0 aromatic carbocycles. The molecule has 0 aromatic rings. The molecule has 2 unspecified atom stereocenters. The van der Waals surface area contributed by atoms with Crippen LogP contribution in [-0.4, -0.2) is 70.7 Å². The highest BCUT2D eigenvalue weighted by Crippen LogP contribution is 2.38. The second-order valence-electron chi connectivity index (χ2n) is 15.0. The summed E-state index contributed by atoms with van der Waals surface area (Å²) >= 11 is 0. The van der Waals surface area contributed by atoms with Gasteiger partial charge in [-0.15, -0.1) is 0 Å². The van der Waals surface area contributed by atoms with E-state index in [-0.39, 0.29) is 25.8 Å². The van der Waals surface area contributed by atoms with Crippen molar-refractivity contribution in [1.29, 1.82) is 0 Å². The zero-order valence-electron chi connectivity index (χ0n) is 35.1. The van der Waals surface area contributed by atoms with Crippen LogP contribution in [0.25, 0.3) is 0 Å². The van der Waals surface area contributed by atoms with Gasteiger partial charge in [0.15, 0.2) is 0 Å². The molecule has 8 nitrogen and oxygen atoms in total. The zero-order valence-corrected chi connectivity index (χ0v) is 36.0. The van der Waals surface area contributed by atoms with Gasteiger partial charge in [-0.25, -0.2) is 0 Å². The van der Waals surface area contributed by atoms with E-state index in [1.165, 1.54) is 57.8 Å². The fourth-order valence-corrected chi connectivity index (χ4v) is 6.00. The lowest BCUT2D eigenvalue weighted by atomic mass is 10.0. The topological polar surface area (TPSA) is 94.1 Å². The summed E-state index contributed by atoms with van der Waals surface area (Å²) in [5.74, 6) is -0.357.